The summed E-state index contributed by atoms with van der Waals surface area (Å²) in [6.45, 7) is 7.78. The number of hydrogen-bond acceptors (Lipinski definition) is 9. The molecular weight excluding hydrogens is 674 g/mol. The number of nitrogens with two attached hydrogens (primary N) is 1. The summed E-state index contributed by atoms with van der Waals surface area (Å²) in [4.78, 5) is 73.7. The maximum Gasteiger partial charge on any atom is 0.330 e. The first-order valence-corrected chi connectivity index (χ1v) is 18.8. The van der Waals surface area contributed by atoms with Gasteiger partial charge in [-0.3, -0.25) is 33.5 Å². The molecule has 15 nitrogen and oxygen atoms in total. The fourth-order valence-electron chi connectivity index (χ4n) is 6.42. The van der Waals surface area contributed by atoms with Gasteiger partial charge in [0.2, 0.25) is 18.1 Å². The van der Waals surface area contributed by atoms with Crippen LogP contribution in [0.15, 0.2) is 33.7 Å². The first-order valence-electron chi connectivity index (χ1n) is 18.8. The van der Waals surface area contributed by atoms with Crippen LogP contribution < -0.4 is 27.6 Å². The van der Waals surface area contributed by atoms with Crippen LogP contribution in [0.5, 0.6) is 0 Å². The molecule has 0 aliphatic carbocycles. The van der Waals surface area contributed by atoms with Crippen molar-refractivity contribution in [3.8, 4) is 0 Å². The van der Waals surface area contributed by atoms with Gasteiger partial charge in [0.15, 0.2) is 11.9 Å². The Morgan fingerprint density at radius 1 is 1.04 bits per heavy atom. The van der Waals surface area contributed by atoms with Crippen LogP contribution in [0.1, 0.15) is 137 Å². The number of unbranched alkanes of at least 4 members (excludes halogenated alkanes) is 7. The third-order valence-corrected chi connectivity index (χ3v) is 9.70. The van der Waals surface area contributed by atoms with Gasteiger partial charge in [0.25, 0.3) is 11.5 Å². The van der Waals surface area contributed by atoms with Crippen molar-refractivity contribution in [2.24, 2.45) is 11.1 Å². The molecule has 2 saturated heterocycles. The van der Waals surface area contributed by atoms with Gasteiger partial charge in [-0.25, -0.2) is 4.79 Å². The number of nitrogens with one attached hydrogen (secondary N) is 3. The van der Waals surface area contributed by atoms with Crippen molar-refractivity contribution in [3.63, 3.8) is 0 Å². The highest BCUT2D eigenvalue weighted by Gasteiger charge is 2.39. The van der Waals surface area contributed by atoms with Crippen LogP contribution in [0.3, 0.4) is 0 Å². The van der Waals surface area contributed by atoms with Crippen LogP contribution in [-0.2, 0) is 33.4 Å². The lowest BCUT2D eigenvalue weighted by Crippen LogP contribution is -2.48. The molecule has 1 aromatic rings. The van der Waals surface area contributed by atoms with E-state index in [0.29, 0.717) is 32.1 Å². The van der Waals surface area contributed by atoms with E-state index in [-0.39, 0.29) is 17.7 Å². The highest BCUT2D eigenvalue weighted by Crippen LogP contribution is 2.31. The maximum absolute atomic E-state index is 12.8. The number of carboxylic acids is 1. The van der Waals surface area contributed by atoms with E-state index in [1.54, 1.807) is 6.08 Å². The molecule has 0 spiro atoms. The lowest BCUT2D eigenvalue weighted by molar-refractivity contribution is -0.195. The molecule has 3 aliphatic rings. The lowest BCUT2D eigenvalue weighted by atomic mass is 9.87. The minimum absolute atomic E-state index is 0.00424. The van der Waals surface area contributed by atoms with Crippen molar-refractivity contribution in [2.75, 3.05) is 0 Å². The monoisotopic (exact) mass is 733 g/mol. The van der Waals surface area contributed by atoms with Crippen LogP contribution in [-0.4, -0.2) is 68.9 Å². The molecule has 1 aromatic heterocycles. The van der Waals surface area contributed by atoms with Crippen molar-refractivity contribution in [3.05, 3.63) is 44.9 Å². The minimum atomic E-state index is -1.19. The van der Waals surface area contributed by atoms with Gasteiger partial charge in [-0.15, -0.1) is 0 Å². The highest BCUT2D eigenvalue weighted by molar-refractivity contribution is 5.95. The Balaban J connectivity index is 0.000000385. The molecule has 0 bridgehead atoms. The summed E-state index contributed by atoms with van der Waals surface area (Å²) >= 11 is 0. The SMILES string of the molecule is CC1CCCC(NC(=O)C2=CCCC(OC(C(N)=O)C3CCC(n4ccc(=O)[nH]c4=O)O3)O2)C(=O)N1.CCCCCCCCCCC(C)(C)C(=O)O. The third kappa shape index (κ3) is 13.5. The summed E-state index contributed by atoms with van der Waals surface area (Å²) in [5.41, 5.74) is 3.88. The van der Waals surface area contributed by atoms with Gasteiger partial charge >= 0.3 is 11.7 Å². The summed E-state index contributed by atoms with van der Waals surface area (Å²) in [5, 5.41) is 14.5. The Morgan fingerprint density at radius 3 is 2.38 bits per heavy atom. The van der Waals surface area contributed by atoms with Crippen LogP contribution in [0.4, 0.5) is 0 Å². The van der Waals surface area contributed by atoms with E-state index in [0.717, 1.165) is 25.7 Å². The van der Waals surface area contributed by atoms with Gasteiger partial charge in [-0.05, 0) is 71.8 Å². The molecule has 6 atom stereocenters. The number of aromatic amines is 1. The summed E-state index contributed by atoms with van der Waals surface area (Å²) in [6.07, 6.45) is 14.1. The Kier molecular flexibility index (Phi) is 17.1. The average molecular weight is 734 g/mol. The van der Waals surface area contributed by atoms with E-state index >= 15 is 0 Å². The number of rotatable bonds is 17. The number of hydrogen-bond donors (Lipinski definition) is 5. The summed E-state index contributed by atoms with van der Waals surface area (Å²) in [5.74, 6) is -2.22. The first kappa shape index (κ1) is 42.4. The van der Waals surface area contributed by atoms with Gasteiger partial charge in [0, 0.05) is 24.7 Å². The molecule has 0 aromatic carbocycles. The zero-order valence-corrected chi connectivity index (χ0v) is 31.2. The van der Waals surface area contributed by atoms with E-state index in [2.05, 4.69) is 22.5 Å². The van der Waals surface area contributed by atoms with E-state index in [1.807, 2.05) is 20.8 Å². The van der Waals surface area contributed by atoms with Crippen molar-refractivity contribution in [1.29, 1.82) is 0 Å². The van der Waals surface area contributed by atoms with Gasteiger partial charge in [-0.1, -0.05) is 58.3 Å². The fraction of sp³-hybridized carbons (Fsp3) is 0.730. The number of carbonyl (C=O) groups excluding carboxylic acids is 3. The van der Waals surface area contributed by atoms with Crippen LogP contribution in [0.2, 0.25) is 0 Å². The van der Waals surface area contributed by atoms with E-state index < -0.39 is 65.2 Å². The zero-order chi connectivity index (χ0) is 38.3. The molecule has 3 amide bonds. The molecule has 3 aliphatic heterocycles. The zero-order valence-electron chi connectivity index (χ0n) is 31.2. The van der Waals surface area contributed by atoms with Crippen molar-refractivity contribution >= 4 is 23.7 Å². The van der Waals surface area contributed by atoms with E-state index in [4.69, 9.17) is 25.1 Å². The van der Waals surface area contributed by atoms with Crippen molar-refractivity contribution in [1.82, 2.24) is 20.2 Å². The number of nitrogens with zero attached hydrogens (tertiary/aromatic N) is 1. The Bertz CT molecular complexity index is 1490. The molecule has 15 heteroatoms. The largest absolute Gasteiger partial charge is 0.481 e. The lowest BCUT2D eigenvalue weighted by Gasteiger charge is -2.30. The number of amides is 3. The van der Waals surface area contributed by atoms with Gasteiger partial charge in [0.05, 0.1) is 11.5 Å². The second-order valence-corrected chi connectivity index (χ2v) is 14.7. The fourth-order valence-corrected chi connectivity index (χ4v) is 6.42. The number of allylic oxidation sites excluding steroid dienone is 1. The number of aliphatic carboxylic acids is 1. The quantitative estimate of drug-likeness (QED) is 0.145. The Morgan fingerprint density at radius 2 is 1.73 bits per heavy atom. The molecule has 6 unspecified atom stereocenters. The smallest absolute Gasteiger partial charge is 0.330 e. The summed E-state index contributed by atoms with van der Waals surface area (Å²) < 4.78 is 18.6. The van der Waals surface area contributed by atoms with Crippen molar-refractivity contribution < 1.29 is 38.5 Å². The topological polar surface area (TPSA) is 221 Å². The Labute approximate surface area is 305 Å². The standard InChI is InChI=1S/C23H31N5O8.C14H28O2/c1-12-4-2-5-13(21(31)25-12)26-22(32)15-6-3-7-18(35-15)36-19(20(24)30)14-8-9-17(34-14)28-11-10-16(29)27-23(28)33;1-4-5-6-7-8-9-10-11-12-14(2,3)13(15)16/h6,10-14,17-19H,2-5,7-9H2,1H3,(H2,24,30)(H,25,31)(H,26,32)(H,27,29,33);4-12H2,1-3H3,(H,15,16). The van der Waals surface area contributed by atoms with E-state index in [1.165, 1.54) is 61.8 Å². The molecule has 4 heterocycles. The Hall–Kier alpha value is -3.98. The number of carboxylic acid groups (broad SMARTS) is 1. The van der Waals surface area contributed by atoms with E-state index in [9.17, 15) is 28.8 Å². The van der Waals surface area contributed by atoms with Gasteiger partial charge in [0.1, 0.15) is 12.3 Å². The first-order chi connectivity index (χ1) is 24.7. The number of ether oxygens (including phenoxy) is 3. The van der Waals surface area contributed by atoms with Crippen LogP contribution >= 0.6 is 0 Å². The van der Waals surface area contributed by atoms with Gasteiger partial charge in [-0.2, -0.15) is 0 Å². The molecule has 4 rings (SSSR count). The number of carbonyl (C=O) groups is 4. The normalized spacial score (nSPS) is 23.9. The molecule has 6 N–H and O–H groups in total. The summed E-state index contributed by atoms with van der Waals surface area (Å²) in [6, 6.07) is 0.592. The minimum Gasteiger partial charge on any atom is -0.481 e. The summed E-state index contributed by atoms with van der Waals surface area (Å²) in [7, 11) is 0. The molecule has 0 radical (unpaired) electrons. The predicted octanol–water partition coefficient (Wildman–Crippen LogP) is 3.91. The maximum atomic E-state index is 12.8. The second-order valence-electron chi connectivity index (χ2n) is 14.7. The molecule has 52 heavy (non-hydrogen) atoms. The average Bonchev–Trinajstić information content (AvgIpc) is 3.51. The number of primary amides is 1. The van der Waals surface area contributed by atoms with Crippen LogP contribution in [0.25, 0.3) is 0 Å². The number of aromatic nitrogens is 2. The number of H-pyrrole nitrogens is 1. The molecule has 0 saturated carbocycles. The molecular formula is C37H59N5O10. The predicted molar refractivity (Wildman–Crippen MR) is 193 cm³/mol. The highest BCUT2D eigenvalue weighted by atomic mass is 16.7. The molecule has 2 fully saturated rings. The second kappa shape index (κ2) is 20.9. The van der Waals surface area contributed by atoms with Crippen LogP contribution in [0, 0.1) is 5.41 Å². The third-order valence-electron chi connectivity index (χ3n) is 9.70. The van der Waals surface area contributed by atoms with Gasteiger partial charge < -0.3 is 35.7 Å². The van der Waals surface area contributed by atoms with Crippen molar-refractivity contribution in [2.45, 2.75) is 167 Å². The molecule has 292 valence electrons.